The third-order valence-corrected chi connectivity index (χ3v) is 5.30. The number of methoxy groups -OCH3 is 1. The van der Waals surface area contributed by atoms with Crippen molar-refractivity contribution in [2.75, 3.05) is 13.7 Å². The lowest BCUT2D eigenvalue weighted by atomic mass is 9.97. The molecule has 0 saturated heterocycles. The molecule has 2 heterocycles. The van der Waals surface area contributed by atoms with E-state index >= 15 is 0 Å². The summed E-state index contributed by atoms with van der Waals surface area (Å²) >= 11 is 1.80. The van der Waals surface area contributed by atoms with E-state index in [-0.39, 0.29) is 11.9 Å². The van der Waals surface area contributed by atoms with E-state index in [0.29, 0.717) is 0 Å². The van der Waals surface area contributed by atoms with Gasteiger partial charge in [-0.1, -0.05) is 19.1 Å². The van der Waals surface area contributed by atoms with Crippen LogP contribution in [0.4, 0.5) is 0 Å². The van der Waals surface area contributed by atoms with Gasteiger partial charge in [0.1, 0.15) is 5.75 Å². The Kier molecular flexibility index (Phi) is 4.82. The molecule has 0 aliphatic carbocycles. The van der Waals surface area contributed by atoms with Gasteiger partial charge in [0, 0.05) is 17.5 Å². The fourth-order valence-electron chi connectivity index (χ4n) is 3.08. The molecule has 3 rings (SSSR count). The van der Waals surface area contributed by atoms with Gasteiger partial charge in [0.2, 0.25) is 5.91 Å². The van der Waals surface area contributed by atoms with Gasteiger partial charge in [-0.15, -0.1) is 11.3 Å². The summed E-state index contributed by atoms with van der Waals surface area (Å²) in [7, 11) is 1.65. The summed E-state index contributed by atoms with van der Waals surface area (Å²) in [6.45, 7) is 2.95. The van der Waals surface area contributed by atoms with Crippen LogP contribution in [-0.4, -0.2) is 24.5 Å². The molecule has 0 N–H and O–H groups in total. The fraction of sp³-hybridized carbons (Fsp3) is 0.316. The summed E-state index contributed by atoms with van der Waals surface area (Å²) in [5, 5.41) is 2.13. The number of thiophene rings is 1. The summed E-state index contributed by atoms with van der Waals surface area (Å²) in [6.07, 6.45) is 5.47. The monoisotopic (exact) mass is 327 g/mol. The van der Waals surface area contributed by atoms with Crippen LogP contribution in [0.3, 0.4) is 0 Å². The first-order valence-electron chi connectivity index (χ1n) is 7.92. The lowest BCUT2D eigenvalue weighted by molar-refractivity contribution is -0.128. The Labute approximate surface area is 141 Å². The number of ether oxygens (including phenoxy) is 1. The van der Waals surface area contributed by atoms with Crippen molar-refractivity contribution in [2.24, 2.45) is 0 Å². The molecule has 0 spiro atoms. The van der Waals surface area contributed by atoms with Crippen molar-refractivity contribution >= 4 is 23.3 Å². The minimum absolute atomic E-state index is 0.0875. The number of nitrogens with zero attached hydrogens (tertiary/aromatic N) is 1. The smallest absolute Gasteiger partial charge is 0.247 e. The highest BCUT2D eigenvalue weighted by atomic mass is 32.1. The van der Waals surface area contributed by atoms with Crippen LogP contribution in [0, 0.1) is 0 Å². The van der Waals surface area contributed by atoms with E-state index in [1.807, 2.05) is 35.2 Å². The molecule has 1 amide bonds. The van der Waals surface area contributed by atoms with Crippen LogP contribution < -0.4 is 4.74 Å². The zero-order valence-corrected chi connectivity index (χ0v) is 14.3. The lowest BCUT2D eigenvalue weighted by Crippen LogP contribution is -2.38. The highest BCUT2D eigenvalue weighted by molar-refractivity contribution is 7.10. The van der Waals surface area contributed by atoms with Gasteiger partial charge in [-0.05, 0) is 53.6 Å². The van der Waals surface area contributed by atoms with Gasteiger partial charge in [0.15, 0.2) is 0 Å². The number of hydrogen-bond donors (Lipinski definition) is 0. The minimum atomic E-state index is 0.0875. The molecular weight excluding hydrogens is 306 g/mol. The SMILES string of the molecule is CCC1c2ccsc2CCN1C(=O)/C=C/c1ccc(OC)cc1. The first-order chi connectivity index (χ1) is 11.2. The van der Waals surface area contributed by atoms with Crippen molar-refractivity contribution in [2.45, 2.75) is 25.8 Å². The minimum Gasteiger partial charge on any atom is -0.497 e. The van der Waals surface area contributed by atoms with Gasteiger partial charge in [-0.3, -0.25) is 4.79 Å². The van der Waals surface area contributed by atoms with Crippen LogP contribution >= 0.6 is 11.3 Å². The first-order valence-corrected chi connectivity index (χ1v) is 8.80. The predicted molar refractivity (Wildman–Crippen MR) is 94.8 cm³/mol. The summed E-state index contributed by atoms with van der Waals surface area (Å²) in [4.78, 5) is 16.0. The number of benzene rings is 1. The van der Waals surface area contributed by atoms with Crippen LogP contribution in [0.5, 0.6) is 5.75 Å². The van der Waals surface area contributed by atoms with E-state index in [1.54, 1.807) is 24.5 Å². The van der Waals surface area contributed by atoms with Crippen LogP contribution in [0.25, 0.3) is 6.08 Å². The summed E-state index contributed by atoms with van der Waals surface area (Å²) in [5.74, 6) is 0.907. The van der Waals surface area contributed by atoms with E-state index in [4.69, 9.17) is 4.74 Å². The lowest BCUT2D eigenvalue weighted by Gasteiger charge is -2.34. The Morgan fingerprint density at radius 2 is 2.13 bits per heavy atom. The molecule has 3 nitrogen and oxygen atoms in total. The second kappa shape index (κ2) is 7.01. The van der Waals surface area contributed by atoms with E-state index in [9.17, 15) is 4.79 Å². The second-order valence-corrected chi connectivity index (χ2v) is 6.61. The molecule has 23 heavy (non-hydrogen) atoms. The second-order valence-electron chi connectivity index (χ2n) is 5.61. The summed E-state index contributed by atoms with van der Waals surface area (Å²) < 4.78 is 5.15. The normalized spacial score (nSPS) is 17.3. The van der Waals surface area contributed by atoms with Crippen molar-refractivity contribution < 1.29 is 9.53 Å². The van der Waals surface area contributed by atoms with Crippen LogP contribution in [0.2, 0.25) is 0 Å². The number of hydrogen-bond acceptors (Lipinski definition) is 3. The number of fused-ring (bicyclic) bond motifs is 1. The maximum atomic E-state index is 12.6. The molecule has 120 valence electrons. The van der Waals surface area contributed by atoms with E-state index in [0.717, 1.165) is 30.7 Å². The highest BCUT2D eigenvalue weighted by Crippen LogP contribution is 2.35. The Morgan fingerprint density at radius 1 is 1.35 bits per heavy atom. The molecule has 2 aromatic rings. The van der Waals surface area contributed by atoms with Crippen molar-refractivity contribution in [1.29, 1.82) is 0 Å². The molecule has 0 radical (unpaired) electrons. The first kappa shape index (κ1) is 15.8. The molecule has 0 bridgehead atoms. The Morgan fingerprint density at radius 3 is 2.83 bits per heavy atom. The molecule has 1 aliphatic rings. The van der Waals surface area contributed by atoms with E-state index in [2.05, 4.69) is 18.4 Å². The maximum absolute atomic E-state index is 12.6. The van der Waals surface area contributed by atoms with Gasteiger partial charge in [0.25, 0.3) is 0 Å². The summed E-state index contributed by atoms with van der Waals surface area (Å²) in [6, 6.07) is 10.1. The van der Waals surface area contributed by atoms with Crippen LogP contribution in [0.15, 0.2) is 41.8 Å². The molecule has 0 saturated carbocycles. The largest absolute Gasteiger partial charge is 0.497 e. The van der Waals surface area contributed by atoms with Gasteiger partial charge in [0.05, 0.1) is 13.2 Å². The fourth-order valence-corrected chi connectivity index (χ4v) is 4.01. The van der Waals surface area contributed by atoms with Crippen molar-refractivity contribution in [3.05, 3.63) is 57.8 Å². The molecule has 1 aliphatic heterocycles. The quantitative estimate of drug-likeness (QED) is 0.783. The van der Waals surface area contributed by atoms with E-state index < -0.39 is 0 Å². The number of amides is 1. The third-order valence-electron chi connectivity index (χ3n) is 4.30. The Hall–Kier alpha value is -2.07. The van der Waals surface area contributed by atoms with Crippen LogP contribution in [-0.2, 0) is 11.2 Å². The van der Waals surface area contributed by atoms with Crippen molar-refractivity contribution in [1.82, 2.24) is 4.90 Å². The Bertz CT molecular complexity index is 702. The topological polar surface area (TPSA) is 29.5 Å². The zero-order valence-electron chi connectivity index (χ0n) is 13.5. The van der Waals surface area contributed by atoms with Gasteiger partial charge in [-0.2, -0.15) is 0 Å². The van der Waals surface area contributed by atoms with Crippen molar-refractivity contribution in [3.8, 4) is 5.75 Å². The molecule has 1 aromatic carbocycles. The zero-order chi connectivity index (χ0) is 16.2. The molecule has 1 atom stereocenters. The molecule has 4 heteroatoms. The number of rotatable bonds is 4. The predicted octanol–water partition coefficient (Wildman–Crippen LogP) is 4.31. The maximum Gasteiger partial charge on any atom is 0.247 e. The van der Waals surface area contributed by atoms with Gasteiger partial charge >= 0.3 is 0 Å². The average Bonchev–Trinajstić information content (AvgIpc) is 3.07. The van der Waals surface area contributed by atoms with E-state index in [1.165, 1.54) is 10.4 Å². The molecule has 0 fully saturated rings. The molecular formula is C19H21NO2S. The third kappa shape index (κ3) is 3.32. The van der Waals surface area contributed by atoms with Gasteiger partial charge in [-0.25, -0.2) is 0 Å². The van der Waals surface area contributed by atoms with Crippen LogP contribution in [0.1, 0.15) is 35.4 Å². The Balaban J connectivity index is 1.73. The number of carbonyl (C=O) groups excluding carboxylic acids is 1. The molecule has 1 unspecified atom stereocenters. The average molecular weight is 327 g/mol. The number of carbonyl (C=O) groups is 1. The highest BCUT2D eigenvalue weighted by Gasteiger charge is 2.29. The molecule has 1 aromatic heterocycles. The van der Waals surface area contributed by atoms with Crippen molar-refractivity contribution in [3.63, 3.8) is 0 Å². The van der Waals surface area contributed by atoms with Gasteiger partial charge < -0.3 is 9.64 Å². The summed E-state index contributed by atoms with van der Waals surface area (Å²) in [5.41, 5.74) is 2.33. The standard InChI is InChI=1S/C19H21NO2S/c1-3-17-16-11-13-23-18(16)10-12-20(17)19(21)9-6-14-4-7-15(22-2)8-5-14/h4-9,11,13,17H,3,10,12H2,1-2H3/b9-6+.